The number of carbonyl (C=O) groups excluding carboxylic acids is 1. The van der Waals surface area contributed by atoms with Gasteiger partial charge in [0.1, 0.15) is 11.0 Å². The third kappa shape index (κ3) is 2.71. The molecule has 0 fully saturated rings. The largest absolute Gasteiger partial charge is 0.318 e. The molecule has 22 heavy (non-hydrogen) atoms. The van der Waals surface area contributed by atoms with Crippen LogP contribution in [0, 0.1) is 0 Å². The molecular formula is C15H17N5OS. The first kappa shape index (κ1) is 14.6. The van der Waals surface area contributed by atoms with Gasteiger partial charge in [-0.15, -0.1) is 10.2 Å². The summed E-state index contributed by atoms with van der Waals surface area (Å²) in [5, 5.41) is 12.4. The van der Waals surface area contributed by atoms with Crippen molar-refractivity contribution in [2.45, 2.75) is 32.7 Å². The van der Waals surface area contributed by atoms with E-state index in [0.717, 1.165) is 16.0 Å². The zero-order chi connectivity index (χ0) is 15.7. The molecule has 2 aromatic heterocycles. The molecule has 1 aromatic carbocycles. The molecule has 0 radical (unpaired) electrons. The molecule has 1 N–H and O–H groups in total. The zero-order valence-corrected chi connectivity index (χ0v) is 13.5. The first-order valence-corrected chi connectivity index (χ1v) is 7.93. The molecule has 1 unspecified atom stereocenters. The van der Waals surface area contributed by atoms with Gasteiger partial charge in [-0.1, -0.05) is 37.3 Å². The minimum absolute atomic E-state index is 0.130. The number of carbonyl (C=O) groups is 1. The topological polar surface area (TPSA) is 72.7 Å². The van der Waals surface area contributed by atoms with Crippen molar-refractivity contribution in [3.05, 3.63) is 35.6 Å². The Hall–Kier alpha value is -2.28. The Labute approximate surface area is 132 Å². The van der Waals surface area contributed by atoms with Crippen LogP contribution in [0.25, 0.3) is 11.0 Å². The SMILES string of the molecule is CC(C)c1nnc(NC(=O)C(C)n2cnc3ccccc32)s1. The number of nitrogens with one attached hydrogen (secondary N) is 1. The van der Waals surface area contributed by atoms with E-state index in [1.54, 1.807) is 6.33 Å². The minimum atomic E-state index is -0.376. The van der Waals surface area contributed by atoms with Gasteiger partial charge in [0.05, 0.1) is 17.4 Å². The highest BCUT2D eigenvalue weighted by atomic mass is 32.1. The average molecular weight is 315 g/mol. The summed E-state index contributed by atoms with van der Waals surface area (Å²) in [6.07, 6.45) is 1.69. The van der Waals surface area contributed by atoms with E-state index in [2.05, 4.69) is 20.5 Å². The van der Waals surface area contributed by atoms with Gasteiger partial charge in [0.25, 0.3) is 0 Å². The van der Waals surface area contributed by atoms with E-state index in [1.807, 2.05) is 49.6 Å². The summed E-state index contributed by atoms with van der Waals surface area (Å²) in [5.74, 6) is 0.174. The van der Waals surface area contributed by atoms with Crippen LogP contribution < -0.4 is 5.32 Å². The van der Waals surface area contributed by atoms with Gasteiger partial charge in [-0.3, -0.25) is 10.1 Å². The maximum atomic E-state index is 12.4. The maximum Gasteiger partial charge on any atom is 0.249 e. The van der Waals surface area contributed by atoms with Gasteiger partial charge < -0.3 is 4.57 Å². The maximum absolute atomic E-state index is 12.4. The van der Waals surface area contributed by atoms with E-state index in [1.165, 1.54) is 11.3 Å². The molecule has 0 saturated heterocycles. The van der Waals surface area contributed by atoms with Crippen molar-refractivity contribution in [2.24, 2.45) is 0 Å². The number of nitrogens with zero attached hydrogens (tertiary/aromatic N) is 4. The van der Waals surface area contributed by atoms with Crippen molar-refractivity contribution in [1.82, 2.24) is 19.7 Å². The first-order valence-electron chi connectivity index (χ1n) is 7.12. The van der Waals surface area contributed by atoms with Crippen LogP contribution in [0.4, 0.5) is 5.13 Å². The second-order valence-electron chi connectivity index (χ2n) is 5.41. The Bertz CT molecular complexity index is 807. The number of hydrogen-bond acceptors (Lipinski definition) is 5. The summed E-state index contributed by atoms with van der Waals surface area (Å²) in [6.45, 7) is 5.94. The lowest BCUT2D eigenvalue weighted by atomic mass is 10.2. The Morgan fingerprint density at radius 1 is 1.23 bits per heavy atom. The van der Waals surface area contributed by atoms with Crippen LogP contribution in [0.3, 0.4) is 0 Å². The molecule has 1 amide bonds. The van der Waals surface area contributed by atoms with Crippen molar-refractivity contribution < 1.29 is 4.79 Å². The van der Waals surface area contributed by atoms with Gasteiger partial charge in [0, 0.05) is 5.92 Å². The van der Waals surface area contributed by atoms with E-state index in [0.29, 0.717) is 11.0 Å². The minimum Gasteiger partial charge on any atom is -0.318 e. The van der Waals surface area contributed by atoms with Gasteiger partial charge >= 0.3 is 0 Å². The van der Waals surface area contributed by atoms with Crippen LogP contribution in [0.2, 0.25) is 0 Å². The second-order valence-corrected chi connectivity index (χ2v) is 6.42. The molecule has 7 heteroatoms. The van der Waals surface area contributed by atoms with Gasteiger partial charge in [-0.25, -0.2) is 4.98 Å². The third-order valence-corrected chi connectivity index (χ3v) is 4.58. The Morgan fingerprint density at radius 3 is 2.73 bits per heavy atom. The van der Waals surface area contributed by atoms with Gasteiger partial charge in [-0.05, 0) is 19.1 Å². The lowest BCUT2D eigenvalue weighted by molar-refractivity contribution is -0.118. The number of benzene rings is 1. The van der Waals surface area contributed by atoms with Crippen molar-refractivity contribution in [3.63, 3.8) is 0 Å². The van der Waals surface area contributed by atoms with E-state index < -0.39 is 0 Å². The van der Waals surface area contributed by atoms with Crippen LogP contribution in [0.5, 0.6) is 0 Å². The van der Waals surface area contributed by atoms with E-state index in [-0.39, 0.29) is 11.9 Å². The van der Waals surface area contributed by atoms with E-state index in [4.69, 9.17) is 0 Å². The van der Waals surface area contributed by atoms with E-state index >= 15 is 0 Å². The Morgan fingerprint density at radius 2 is 2.00 bits per heavy atom. The highest BCUT2D eigenvalue weighted by Crippen LogP contribution is 2.24. The number of amides is 1. The molecule has 0 aliphatic heterocycles. The number of hydrogen-bond donors (Lipinski definition) is 1. The van der Waals surface area contributed by atoms with Crippen LogP contribution in [-0.2, 0) is 4.79 Å². The molecule has 0 spiro atoms. The average Bonchev–Trinajstić information content (AvgIpc) is 3.13. The fourth-order valence-corrected chi connectivity index (χ4v) is 2.89. The van der Waals surface area contributed by atoms with Crippen LogP contribution in [0.1, 0.15) is 37.7 Å². The molecule has 6 nitrogen and oxygen atoms in total. The highest BCUT2D eigenvalue weighted by molar-refractivity contribution is 7.15. The van der Waals surface area contributed by atoms with E-state index in [9.17, 15) is 4.79 Å². The lowest BCUT2D eigenvalue weighted by Gasteiger charge is -2.13. The number of fused-ring (bicyclic) bond motifs is 1. The molecule has 114 valence electrons. The number of anilines is 1. The molecule has 1 atom stereocenters. The molecule has 0 saturated carbocycles. The third-order valence-electron chi connectivity index (χ3n) is 3.44. The monoisotopic (exact) mass is 315 g/mol. The summed E-state index contributed by atoms with van der Waals surface area (Å²) >= 11 is 1.41. The lowest BCUT2D eigenvalue weighted by Crippen LogP contribution is -2.23. The van der Waals surface area contributed by atoms with Gasteiger partial charge in [-0.2, -0.15) is 0 Å². The molecule has 3 aromatic rings. The summed E-state index contributed by atoms with van der Waals surface area (Å²) in [7, 11) is 0. The Kier molecular flexibility index (Phi) is 3.89. The highest BCUT2D eigenvalue weighted by Gasteiger charge is 2.19. The fraction of sp³-hybridized carbons (Fsp3) is 0.333. The molecule has 0 bridgehead atoms. The van der Waals surface area contributed by atoms with Crippen LogP contribution in [0.15, 0.2) is 30.6 Å². The number of rotatable bonds is 4. The molecule has 0 aliphatic carbocycles. The number of para-hydroxylation sites is 2. The quantitative estimate of drug-likeness (QED) is 0.802. The molecule has 2 heterocycles. The summed E-state index contributed by atoms with van der Waals surface area (Å²) in [5.41, 5.74) is 1.81. The van der Waals surface area contributed by atoms with Crippen molar-refractivity contribution in [1.29, 1.82) is 0 Å². The molecular weight excluding hydrogens is 298 g/mol. The smallest absolute Gasteiger partial charge is 0.249 e. The number of imidazole rings is 1. The van der Waals surface area contributed by atoms with Crippen LogP contribution in [-0.4, -0.2) is 25.7 Å². The van der Waals surface area contributed by atoms with Crippen molar-refractivity contribution >= 4 is 33.4 Å². The van der Waals surface area contributed by atoms with Crippen molar-refractivity contribution in [3.8, 4) is 0 Å². The number of aromatic nitrogens is 4. The first-order chi connectivity index (χ1) is 10.6. The summed E-state index contributed by atoms with van der Waals surface area (Å²) in [6, 6.07) is 7.37. The molecule has 3 rings (SSSR count). The predicted molar refractivity (Wildman–Crippen MR) is 87.1 cm³/mol. The summed E-state index contributed by atoms with van der Waals surface area (Å²) in [4.78, 5) is 16.7. The molecule has 0 aliphatic rings. The standard InChI is InChI=1S/C15H17N5OS/c1-9(2)14-18-19-15(22-14)17-13(21)10(3)20-8-16-11-6-4-5-7-12(11)20/h4-10H,1-3H3,(H,17,19,21). The van der Waals surface area contributed by atoms with Gasteiger partial charge in [0.2, 0.25) is 11.0 Å². The second kappa shape index (κ2) is 5.84. The fourth-order valence-electron chi connectivity index (χ4n) is 2.14. The summed E-state index contributed by atoms with van der Waals surface area (Å²) < 4.78 is 1.86. The van der Waals surface area contributed by atoms with Crippen molar-refractivity contribution in [2.75, 3.05) is 5.32 Å². The zero-order valence-electron chi connectivity index (χ0n) is 12.6. The Balaban J connectivity index is 1.79. The van der Waals surface area contributed by atoms with Gasteiger partial charge in [0.15, 0.2) is 0 Å². The normalized spacial score (nSPS) is 12.7. The van der Waals surface area contributed by atoms with Crippen LogP contribution >= 0.6 is 11.3 Å². The predicted octanol–water partition coefficient (Wildman–Crippen LogP) is 3.21.